The van der Waals surface area contributed by atoms with E-state index in [1.807, 2.05) is 6.92 Å². The molecule has 1 amide bonds. The predicted molar refractivity (Wildman–Crippen MR) is 75.3 cm³/mol. The number of nitrogens with two attached hydrogens (primary N) is 1. The maximum Gasteiger partial charge on any atom is 0.234 e. The van der Waals surface area contributed by atoms with Crippen LogP contribution in [0.1, 0.15) is 46.5 Å². The molecule has 1 fully saturated rings. The van der Waals surface area contributed by atoms with Gasteiger partial charge in [-0.1, -0.05) is 20.8 Å². The minimum atomic E-state index is -0.228. The fraction of sp³-hybridized carbons (Fsp3) is 0.929. The van der Waals surface area contributed by atoms with E-state index in [1.54, 1.807) is 0 Å². The zero-order chi connectivity index (χ0) is 13.6. The molecule has 0 radical (unpaired) electrons. The summed E-state index contributed by atoms with van der Waals surface area (Å²) in [6.45, 7) is 10.7. The molecule has 3 N–H and O–H groups in total. The van der Waals surface area contributed by atoms with E-state index in [0.717, 1.165) is 19.5 Å². The van der Waals surface area contributed by atoms with Crippen LogP contribution in [-0.4, -0.2) is 43.0 Å². The Balaban J connectivity index is 2.38. The van der Waals surface area contributed by atoms with Gasteiger partial charge in [-0.25, -0.2) is 0 Å². The molecule has 1 saturated heterocycles. The van der Waals surface area contributed by atoms with Gasteiger partial charge in [-0.05, 0) is 44.2 Å². The molecule has 1 unspecified atom stereocenters. The van der Waals surface area contributed by atoms with Crippen LogP contribution < -0.4 is 11.1 Å². The van der Waals surface area contributed by atoms with Crippen molar-refractivity contribution in [1.29, 1.82) is 0 Å². The highest BCUT2D eigenvalue weighted by Gasteiger charge is 2.34. The number of hydrogen-bond donors (Lipinski definition) is 2. The molecule has 0 saturated carbocycles. The molecule has 1 rings (SSSR count). The average Bonchev–Trinajstić information content (AvgIpc) is 2.78. The number of amides is 1. The van der Waals surface area contributed by atoms with Gasteiger partial charge in [0.25, 0.3) is 0 Å². The highest BCUT2D eigenvalue weighted by atomic mass is 16.1. The summed E-state index contributed by atoms with van der Waals surface area (Å²) >= 11 is 0. The summed E-state index contributed by atoms with van der Waals surface area (Å²) in [6.07, 6.45) is 4.63. The lowest BCUT2D eigenvalue weighted by Gasteiger charge is -2.27. The molecule has 1 atom stereocenters. The highest BCUT2D eigenvalue weighted by molar-refractivity contribution is 5.79. The van der Waals surface area contributed by atoms with E-state index in [9.17, 15) is 4.79 Å². The Morgan fingerprint density at radius 1 is 1.39 bits per heavy atom. The van der Waals surface area contributed by atoms with Gasteiger partial charge in [0, 0.05) is 13.1 Å². The van der Waals surface area contributed by atoms with E-state index in [1.165, 1.54) is 32.4 Å². The third kappa shape index (κ3) is 3.95. The summed E-state index contributed by atoms with van der Waals surface area (Å²) in [5, 5.41) is 3.15. The van der Waals surface area contributed by atoms with Gasteiger partial charge in [0.1, 0.15) is 0 Å². The third-order valence-corrected chi connectivity index (χ3v) is 4.55. The van der Waals surface area contributed by atoms with Gasteiger partial charge in [0.05, 0.1) is 6.04 Å². The van der Waals surface area contributed by atoms with Crippen molar-refractivity contribution in [1.82, 2.24) is 10.2 Å². The number of hydrogen-bond acceptors (Lipinski definition) is 3. The molecule has 18 heavy (non-hydrogen) atoms. The Kier molecular flexibility index (Phi) is 6.09. The summed E-state index contributed by atoms with van der Waals surface area (Å²) in [5.41, 5.74) is 5.91. The first-order valence-corrected chi connectivity index (χ1v) is 7.32. The van der Waals surface area contributed by atoms with Crippen LogP contribution >= 0.6 is 0 Å². The van der Waals surface area contributed by atoms with Crippen molar-refractivity contribution < 1.29 is 4.79 Å². The molecule has 1 aliphatic rings. The lowest BCUT2D eigenvalue weighted by molar-refractivity contribution is -0.120. The lowest BCUT2D eigenvalue weighted by atomic mass is 9.82. The van der Waals surface area contributed by atoms with Gasteiger partial charge < -0.3 is 16.0 Å². The molecule has 0 bridgehead atoms. The van der Waals surface area contributed by atoms with Crippen LogP contribution in [0.3, 0.4) is 0 Å². The van der Waals surface area contributed by atoms with Crippen molar-refractivity contribution in [3.8, 4) is 0 Å². The van der Waals surface area contributed by atoms with E-state index >= 15 is 0 Å². The van der Waals surface area contributed by atoms with Crippen molar-refractivity contribution in [2.24, 2.45) is 11.1 Å². The van der Waals surface area contributed by atoms with Crippen molar-refractivity contribution in [3.05, 3.63) is 0 Å². The van der Waals surface area contributed by atoms with Crippen molar-refractivity contribution >= 4 is 5.91 Å². The summed E-state index contributed by atoms with van der Waals surface area (Å²) in [6, 6.07) is -0.173. The number of nitrogens with zero attached hydrogens (tertiary/aromatic N) is 1. The molecule has 4 nitrogen and oxygen atoms in total. The number of likely N-dealkylation sites (tertiary alicyclic amines) is 1. The third-order valence-electron chi connectivity index (χ3n) is 4.55. The lowest BCUT2D eigenvalue weighted by Crippen LogP contribution is -2.43. The van der Waals surface area contributed by atoms with Crippen LogP contribution in [0, 0.1) is 5.41 Å². The van der Waals surface area contributed by atoms with Crippen molar-refractivity contribution in [3.63, 3.8) is 0 Å². The maximum atomic E-state index is 11.3. The second-order valence-corrected chi connectivity index (χ2v) is 5.53. The Morgan fingerprint density at radius 3 is 2.50 bits per heavy atom. The molecule has 0 aromatic heterocycles. The fourth-order valence-electron chi connectivity index (χ4n) is 2.95. The van der Waals surface area contributed by atoms with E-state index in [4.69, 9.17) is 5.73 Å². The number of carbonyl (C=O) groups is 1. The van der Waals surface area contributed by atoms with Crippen LogP contribution in [-0.2, 0) is 4.79 Å². The smallest absolute Gasteiger partial charge is 0.234 e. The summed E-state index contributed by atoms with van der Waals surface area (Å²) in [7, 11) is 0. The Bertz CT molecular complexity index is 264. The first kappa shape index (κ1) is 15.4. The minimum Gasteiger partial charge on any atom is -0.368 e. The normalized spacial score (nSPS) is 21.1. The molecular weight excluding hydrogens is 226 g/mol. The van der Waals surface area contributed by atoms with E-state index in [0.29, 0.717) is 5.41 Å². The number of carbonyl (C=O) groups excluding carboxylic acids is 1. The van der Waals surface area contributed by atoms with Crippen LogP contribution in [0.15, 0.2) is 0 Å². The minimum absolute atomic E-state index is 0.173. The van der Waals surface area contributed by atoms with Gasteiger partial charge in [-0.15, -0.1) is 0 Å². The van der Waals surface area contributed by atoms with E-state index in [-0.39, 0.29) is 11.9 Å². The second-order valence-electron chi connectivity index (χ2n) is 5.53. The van der Waals surface area contributed by atoms with Gasteiger partial charge in [-0.3, -0.25) is 4.79 Å². The SMILES string of the molecule is CCNC(CCN1CCC(CC)(CC)C1)C(N)=O. The zero-order valence-electron chi connectivity index (χ0n) is 12.2. The largest absolute Gasteiger partial charge is 0.368 e. The highest BCUT2D eigenvalue weighted by Crippen LogP contribution is 2.36. The van der Waals surface area contributed by atoms with E-state index in [2.05, 4.69) is 24.1 Å². The molecule has 0 aliphatic carbocycles. The predicted octanol–water partition coefficient (Wildman–Crippen LogP) is 1.35. The Hall–Kier alpha value is -0.610. The molecule has 106 valence electrons. The fourth-order valence-corrected chi connectivity index (χ4v) is 2.95. The quantitative estimate of drug-likeness (QED) is 0.688. The molecular formula is C14H29N3O. The van der Waals surface area contributed by atoms with Gasteiger partial charge in [0.15, 0.2) is 0 Å². The number of likely N-dealkylation sites (N-methyl/N-ethyl adjacent to an activating group) is 1. The molecule has 4 heteroatoms. The van der Waals surface area contributed by atoms with E-state index < -0.39 is 0 Å². The summed E-state index contributed by atoms with van der Waals surface area (Å²) in [5.74, 6) is -0.228. The van der Waals surface area contributed by atoms with Gasteiger partial charge >= 0.3 is 0 Å². The molecule has 0 spiro atoms. The molecule has 0 aromatic carbocycles. The van der Waals surface area contributed by atoms with Gasteiger partial charge in [0.2, 0.25) is 5.91 Å². The first-order chi connectivity index (χ1) is 8.56. The Labute approximate surface area is 111 Å². The van der Waals surface area contributed by atoms with Crippen LogP contribution in [0.2, 0.25) is 0 Å². The Morgan fingerprint density at radius 2 is 2.06 bits per heavy atom. The number of primary amides is 1. The molecule has 1 heterocycles. The summed E-state index contributed by atoms with van der Waals surface area (Å²) in [4.78, 5) is 13.8. The number of rotatable bonds is 8. The topological polar surface area (TPSA) is 58.4 Å². The summed E-state index contributed by atoms with van der Waals surface area (Å²) < 4.78 is 0. The van der Waals surface area contributed by atoms with Crippen LogP contribution in [0.5, 0.6) is 0 Å². The first-order valence-electron chi connectivity index (χ1n) is 7.32. The zero-order valence-corrected chi connectivity index (χ0v) is 12.2. The second kappa shape index (κ2) is 7.10. The van der Waals surface area contributed by atoms with Crippen molar-refractivity contribution in [2.45, 2.75) is 52.5 Å². The van der Waals surface area contributed by atoms with Crippen molar-refractivity contribution in [2.75, 3.05) is 26.2 Å². The number of nitrogens with one attached hydrogen (secondary N) is 1. The standard InChI is InChI=1S/C14H29N3O/c1-4-14(5-2)8-10-17(11-14)9-7-12(13(15)18)16-6-3/h12,16H,4-11H2,1-3H3,(H2,15,18). The van der Waals surface area contributed by atoms with Gasteiger partial charge in [-0.2, -0.15) is 0 Å². The average molecular weight is 255 g/mol. The molecule has 0 aromatic rings. The maximum absolute atomic E-state index is 11.3. The van der Waals surface area contributed by atoms with Crippen LogP contribution in [0.4, 0.5) is 0 Å². The molecule has 1 aliphatic heterocycles. The van der Waals surface area contributed by atoms with Crippen LogP contribution in [0.25, 0.3) is 0 Å². The monoisotopic (exact) mass is 255 g/mol.